The van der Waals surface area contributed by atoms with Crippen LogP contribution < -0.4 is 10.2 Å². The zero-order valence-corrected chi connectivity index (χ0v) is 9.30. The first-order chi connectivity index (χ1) is 8.51. The molecule has 0 spiro atoms. The SMILES string of the molecule is N=[N+]=NCC(=O)N[C@@H]1O[C@H](CO)[C@@H](O)[C@H](O)[C@H]1O. The van der Waals surface area contributed by atoms with Crippen molar-refractivity contribution in [1.29, 1.82) is 5.53 Å². The van der Waals surface area contributed by atoms with E-state index >= 15 is 0 Å². The highest BCUT2D eigenvalue weighted by Gasteiger charge is 2.43. The maximum absolute atomic E-state index is 11.3. The van der Waals surface area contributed by atoms with Crippen LogP contribution in [0.2, 0.25) is 0 Å². The Morgan fingerprint density at radius 3 is 2.56 bits per heavy atom. The average molecular weight is 263 g/mol. The summed E-state index contributed by atoms with van der Waals surface area (Å²) in [4.78, 5) is 13.9. The Morgan fingerprint density at radius 2 is 2.00 bits per heavy atom. The summed E-state index contributed by atoms with van der Waals surface area (Å²) in [5.41, 5.74) is 6.37. The minimum absolute atomic E-state index is 0.432. The van der Waals surface area contributed by atoms with Gasteiger partial charge in [-0.2, -0.15) is 0 Å². The van der Waals surface area contributed by atoms with Gasteiger partial charge in [0.1, 0.15) is 35.1 Å². The van der Waals surface area contributed by atoms with E-state index in [1.807, 2.05) is 0 Å². The van der Waals surface area contributed by atoms with Crippen LogP contribution in [-0.4, -0.2) is 70.1 Å². The van der Waals surface area contributed by atoms with Crippen LogP contribution in [0.5, 0.6) is 0 Å². The van der Waals surface area contributed by atoms with E-state index in [1.54, 1.807) is 0 Å². The van der Waals surface area contributed by atoms with Gasteiger partial charge in [0, 0.05) is 0 Å². The first kappa shape index (κ1) is 14.6. The van der Waals surface area contributed by atoms with Gasteiger partial charge in [-0.05, 0) is 0 Å². The van der Waals surface area contributed by atoms with Crippen molar-refractivity contribution in [3.63, 3.8) is 0 Å². The maximum Gasteiger partial charge on any atom is 0.251 e. The van der Waals surface area contributed by atoms with Gasteiger partial charge in [0.15, 0.2) is 6.23 Å². The van der Waals surface area contributed by atoms with E-state index in [2.05, 4.69) is 15.3 Å². The molecule has 0 bridgehead atoms. The van der Waals surface area contributed by atoms with Gasteiger partial charge in [-0.3, -0.25) is 4.79 Å². The molecule has 6 N–H and O–H groups in total. The van der Waals surface area contributed by atoms with E-state index < -0.39 is 49.7 Å². The molecule has 0 radical (unpaired) electrons. The first-order valence-electron chi connectivity index (χ1n) is 5.14. The molecule has 0 unspecified atom stereocenters. The van der Waals surface area contributed by atoms with Crippen LogP contribution in [-0.2, 0) is 9.53 Å². The number of hydrogen-bond acceptors (Lipinski definition) is 8. The monoisotopic (exact) mass is 263 g/mol. The van der Waals surface area contributed by atoms with Gasteiger partial charge < -0.3 is 30.5 Å². The normalized spacial score (nSPS) is 35.7. The first-order valence-corrected chi connectivity index (χ1v) is 5.14. The minimum atomic E-state index is -1.56. The van der Waals surface area contributed by atoms with Crippen molar-refractivity contribution in [1.82, 2.24) is 10.2 Å². The Balaban J connectivity index is 2.64. The molecule has 18 heavy (non-hydrogen) atoms. The van der Waals surface area contributed by atoms with Crippen LogP contribution in [0.25, 0.3) is 0 Å². The molecular weight excluding hydrogens is 248 g/mol. The summed E-state index contributed by atoms with van der Waals surface area (Å²) in [6, 6.07) is 0. The summed E-state index contributed by atoms with van der Waals surface area (Å²) in [6.07, 6.45) is -6.95. The second kappa shape index (κ2) is 6.50. The van der Waals surface area contributed by atoms with Crippen molar-refractivity contribution in [2.45, 2.75) is 30.6 Å². The van der Waals surface area contributed by atoms with Crippen molar-refractivity contribution in [3.05, 3.63) is 0 Å². The molecule has 0 aliphatic carbocycles. The van der Waals surface area contributed by atoms with E-state index in [1.165, 1.54) is 0 Å². The summed E-state index contributed by atoms with van der Waals surface area (Å²) in [5.74, 6) is -0.685. The van der Waals surface area contributed by atoms with E-state index in [4.69, 9.17) is 15.4 Å². The fourth-order valence-corrected chi connectivity index (χ4v) is 1.52. The lowest BCUT2D eigenvalue weighted by atomic mass is 9.98. The number of ether oxygens (including phenoxy) is 1. The van der Waals surface area contributed by atoms with Crippen LogP contribution in [0.1, 0.15) is 0 Å². The van der Waals surface area contributed by atoms with Gasteiger partial charge in [-0.25, -0.2) is 0 Å². The lowest BCUT2D eigenvalue weighted by Gasteiger charge is -2.39. The average Bonchev–Trinajstić information content (AvgIpc) is 2.37. The number of carbonyl (C=O) groups is 1. The maximum atomic E-state index is 11.3. The molecule has 0 aromatic carbocycles. The van der Waals surface area contributed by atoms with Crippen LogP contribution in [0.4, 0.5) is 0 Å². The van der Waals surface area contributed by atoms with Gasteiger partial charge in [-0.1, -0.05) is 0 Å². The molecule has 1 heterocycles. The highest BCUT2D eigenvalue weighted by atomic mass is 16.6. The van der Waals surface area contributed by atoms with Gasteiger partial charge in [-0.15, -0.1) is 0 Å². The van der Waals surface area contributed by atoms with Crippen molar-refractivity contribution >= 4 is 5.91 Å². The summed E-state index contributed by atoms with van der Waals surface area (Å²) in [5, 5.41) is 42.7. The molecule has 1 aliphatic heterocycles. The molecule has 0 aromatic rings. The third-order valence-electron chi connectivity index (χ3n) is 2.48. The quantitative estimate of drug-likeness (QED) is 0.226. The molecule has 0 saturated carbocycles. The van der Waals surface area contributed by atoms with Gasteiger partial charge in [0.25, 0.3) is 5.91 Å². The number of amides is 1. The number of nitrogens with one attached hydrogen (secondary N) is 2. The number of aliphatic hydroxyl groups is 4. The Kier molecular flexibility index (Phi) is 5.28. The number of aliphatic hydroxyl groups excluding tert-OH is 4. The summed E-state index contributed by atoms with van der Waals surface area (Å²) in [6.45, 7) is -1.01. The van der Waals surface area contributed by atoms with Gasteiger partial charge >= 0.3 is 0 Å². The smallest absolute Gasteiger partial charge is 0.251 e. The van der Waals surface area contributed by atoms with Crippen molar-refractivity contribution in [2.75, 3.05) is 13.2 Å². The molecule has 10 heteroatoms. The standard InChI is InChI=1S/C8H14N4O6/c9-12-10-1-4(14)11-8-7(17)6(16)5(15)3(2-13)18-8/h3,5-9,13,15-17H,1-2H2/p+1/t3-,5-,6+,7-,8-/m1/s1. The third-order valence-corrected chi connectivity index (χ3v) is 2.48. The molecule has 1 rings (SSSR count). The molecule has 0 aromatic heterocycles. The second-order valence-corrected chi connectivity index (χ2v) is 3.72. The van der Waals surface area contributed by atoms with Crippen molar-refractivity contribution in [2.24, 2.45) is 5.11 Å². The van der Waals surface area contributed by atoms with E-state index in [0.717, 1.165) is 0 Å². The second-order valence-electron chi connectivity index (χ2n) is 3.72. The fraction of sp³-hybridized carbons (Fsp3) is 0.875. The number of hydrogen-bond donors (Lipinski definition) is 6. The van der Waals surface area contributed by atoms with Crippen molar-refractivity contribution in [3.8, 4) is 0 Å². The summed E-state index contributed by atoms with van der Waals surface area (Å²) in [7, 11) is 0. The van der Waals surface area contributed by atoms with E-state index in [0.29, 0.717) is 0 Å². The molecule has 1 fully saturated rings. The molecule has 1 aliphatic rings. The molecule has 10 nitrogen and oxygen atoms in total. The zero-order chi connectivity index (χ0) is 13.7. The minimum Gasteiger partial charge on any atom is -0.394 e. The lowest BCUT2D eigenvalue weighted by Crippen LogP contribution is -2.63. The Labute approximate surface area is 101 Å². The number of carbonyl (C=O) groups excluding carboxylic acids is 1. The molecule has 102 valence electrons. The topological polar surface area (TPSA) is 170 Å². The molecule has 1 amide bonds. The predicted molar refractivity (Wildman–Crippen MR) is 54.1 cm³/mol. The third kappa shape index (κ3) is 3.29. The largest absolute Gasteiger partial charge is 0.394 e. The summed E-state index contributed by atoms with van der Waals surface area (Å²) >= 11 is 0. The molecular formula is C8H15N4O6+. The Bertz CT molecular complexity index is 344. The fourth-order valence-electron chi connectivity index (χ4n) is 1.52. The zero-order valence-electron chi connectivity index (χ0n) is 9.30. The summed E-state index contributed by atoms with van der Waals surface area (Å²) < 4.78 is 5.02. The lowest BCUT2D eigenvalue weighted by molar-refractivity contribution is -0.235. The highest BCUT2D eigenvalue weighted by molar-refractivity contribution is 5.78. The van der Waals surface area contributed by atoms with Crippen molar-refractivity contribution < 1.29 is 30.0 Å². The van der Waals surface area contributed by atoms with Crippen LogP contribution in [0.3, 0.4) is 0 Å². The van der Waals surface area contributed by atoms with Crippen LogP contribution >= 0.6 is 0 Å². The Hall–Kier alpha value is -1.42. The Morgan fingerprint density at radius 1 is 1.33 bits per heavy atom. The highest BCUT2D eigenvalue weighted by Crippen LogP contribution is 2.19. The van der Waals surface area contributed by atoms with E-state index in [9.17, 15) is 20.1 Å². The van der Waals surface area contributed by atoms with Crippen LogP contribution in [0, 0.1) is 5.53 Å². The van der Waals surface area contributed by atoms with Crippen LogP contribution in [0.15, 0.2) is 5.11 Å². The molecule has 1 saturated heterocycles. The van der Waals surface area contributed by atoms with Gasteiger partial charge in [0.2, 0.25) is 11.5 Å². The number of nitrogens with zero attached hydrogens (tertiary/aromatic N) is 2. The van der Waals surface area contributed by atoms with Gasteiger partial charge in [0.05, 0.1) is 6.61 Å². The molecule has 5 atom stereocenters. The number of rotatable bonds is 4. The predicted octanol–water partition coefficient (Wildman–Crippen LogP) is -3.55. The van der Waals surface area contributed by atoms with E-state index in [-0.39, 0.29) is 0 Å².